The molecule has 0 aromatic heterocycles. The second-order valence-electron chi connectivity index (χ2n) is 3.95. The number of benzene rings is 1. The van der Waals surface area contributed by atoms with Crippen molar-refractivity contribution in [2.45, 2.75) is 18.9 Å². The molecule has 5 heteroatoms. The summed E-state index contributed by atoms with van der Waals surface area (Å²) in [5, 5.41) is 1.33. The third kappa shape index (κ3) is 2.80. The van der Waals surface area contributed by atoms with Gasteiger partial charge in [-0.15, -0.1) is 0 Å². The van der Waals surface area contributed by atoms with Crippen LogP contribution in [0.2, 0.25) is 10.0 Å². The maximum absolute atomic E-state index is 5.97. The molecule has 1 aromatic carbocycles. The van der Waals surface area contributed by atoms with Gasteiger partial charge in [-0.2, -0.15) is 0 Å². The normalized spacial score (nSPS) is 17.8. The number of piperidine rings is 1. The van der Waals surface area contributed by atoms with Gasteiger partial charge < -0.3 is 9.74 Å². The van der Waals surface area contributed by atoms with E-state index in [0.717, 1.165) is 31.6 Å². The Balaban J connectivity index is 2.08. The monoisotopic (exact) mass is 260 g/mol. The van der Waals surface area contributed by atoms with Crippen molar-refractivity contribution >= 4 is 28.9 Å². The lowest BCUT2D eigenvalue weighted by Crippen LogP contribution is -2.38. The Morgan fingerprint density at radius 1 is 1.12 bits per heavy atom. The fourth-order valence-corrected chi connectivity index (χ4v) is 2.49. The average Bonchev–Trinajstić information content (AvgIpc) is 2.28. The van der Waals surface area contributed by atoms with Gasteiger partial charge in [0.15, 0.2) is 0 Å². The third-order valence-electron chi connectivity index (χ3n) is 2.85. The Labute approximate surface area is 105 Å². The first-order valence-corrected chi connectivity index (χ1v) is 6.01. The molecule has 2 N–H and O–H groups in total. The van der Waals surface area contributed by atoms with E-state index in [-0.39, 0.29) is 6.10 Å². The van der Waals surface area contributed by atoms with Crippen molar-refractivity contribution in [3.8, 4) is 0 Å². The van der Waals surface area contributed by atoms with Gasteiger partial charge in [0.1, 0.15) is 0 Å². The molecule has 1 fully saturated rings. The van der Waals surface area contributed by atoms with Crippen LogP contribution in [0.5, 0.6) is 0 Å². The highest BCUT2D eigenvalue weighted by molar-refractivity contribution is 6.35. The highest BCUT2D eigenvalue weighted by Gasteiger charge is 2.19. The zero-order valence-electron chi connectivity index (χ0n) is 8.83. The van der Waals surface area contributed by atoms with E-state index >= 15 is 0 Å². The van der Waals surface area contributed by atoms with Crippen LogP contribution < -0.4 is 10.8 Å². The molecule has 1 aromatic rings. The molecular weight excluding hydrogens is 247 g/mol. The molecule has 0 unspecified atom stereocenters. The minimum Gasteiger partial charge on any atom is -0.371 e. The van der Waals surface area contributed by atoms with Gasteiger partial charge in [-0.05, 0) is 31.0 Å². The largest absolute Gasteiger partial charge is 0.371 e. The molecule has 0 bridgehead atoms. The molecule has 3 nitrogen and oxygen atoms in total. The lowest BCUT2D eigenvalue weighted by Gasteiger charge is -2.32. The Kier molecular flexibility index (Phi) is 3.92. The number of halogens is 2. The van der Waals surface area contributed by atoms with Gasteiger partial charge in [0, 0.05) is 28.8 Å². The minimum absolute atomic E-state index is 0.172. The van der Waals surface area contributed by atoms with E-state index in [2.05, 4.69) is 4.90 Å². The van der Waals surface area contributed by atoms with Crippen LogP contribution >= 0.6 is 23.2 Å². The van der Waals surface area contributed by atoms with Crippen molar-refractivity contribution in [3.05, 3.63) is 28.2 Å². The molecule has 0 radical (unpaired) electrons. The molecule has 1 heterocycles. The maximum atomic E-state index is 5.97. The van der Waals surface area contributed by atoms with Crippen LogP contribution in [-0.2, 0) is 4.84 Å². The summed E-state index contributed by atoms with van der Waals surface area (Å²) in [5.74, 6) is 5.17. The molecule has 1 aliphatic heterocycles. The fraction of sp³-hybridized carbons (Fsp3) is 0.455. The SMILES string of the molecule is NOC1CCN(c2cc(Cl)cc(Cl)c2)CC1. The topological polar surface area (TPSA) is 38.5 Å². The minimum atomic E-state index is 0.172. The van der Waals surface area contributed by atoms with Crippen molar-refractivity contribution in [2.75, 3.05) is 18.0 Å². The molecule has 88 valence electrons. The molecule has 0 spiro atoms. The van der Waals surface area contributed by atoms with Gasteiger partial charge in [0.05, 0.1) is 6.10 Å². The third-order valence-corrected chi connectivity index (χ3v) is 3.28. The second-order valence-corrected chi connectivity index (χ2v) is 4.82. The summed E-state index contributed by atoms with van der Waals surface area (Å²) in [7, 11) is 0. The van der Waals surface area contributed by atoms with E-state index in [1.54, 1.807) is 6.07 Å². The second kappa shape index (κ2) is 5.23. The van der Waals surface area contributed by atoms with Crippen LogP contribution in [0.4, 0.5) is 5.69 Å². The van der Waals surface area contributed by atoms with E-state index in [4.69, 9.17) is 33.9 Å². The van der Waals surface area contributed by atoms with E-state index in [9.17, 15) is 0 Å². The van der Waals surface area contributed by atoms with Gasteiger partial charge in [-0.3, -0.25) is 0 Å². The molecule has 0 aliphatic carbocycles. The number of nitrogens with two attached hydrogens (primary N) is 1. The lowest BCUT2D eigenvalue weighted by atomic mass is 10.1. The van der Waals surface area contributed by atoms with Gasteiger partial charge in [-0.1, -0.05) is 23.2 Å². The Hall–Kier alpha value is -0.480. The Morgan fingerprint density at radius 2 is 1.69 bits per heavy atom. The first-order chi connectivity index (χ1) is 7.69. The van der Waals surface area contributed by atoms with E-state index in [1.165, 1.54) is 0 Å². The van der Waals surface area contributed by atoms with Crippen LogP contribution in [0.25, 0.3) is 0 Å². The van der Waals surface area contributed by atoms with Crippen molar-refractivity contribution in [1.82, 2.24) is 0 Å². The summed E-state index contributed by atoms with van der Waals surface area (Å²) in [5.41, 5.74) is 1.06. The van der Waals surface area contributed by atoms with E-state index < -0.39 is 0 Å². The molecule has 0 saturated carbocycles. The van der Waals surface area contributed by atoms with Crippen LogP contribution in [0.3, 0.4) is 0 Å². The van der Waals surface area contributed by atoms with Gasteiger partial charge in [-0.25, -0.2) is 5.90 Å². The Morgan fingerprint density at radius 3 is 2.19 bits per heavy atom. The zero-order chi connectivity index (χ0) is 11.5. The van der Waals surface area contributed by atoms with Crippen LogP contribution in [0, 0.1) is 0 Å². The number of rotatable bonds is 2. The summed E-state index contributed by atoms with van der Waals surface area (Å²) in [6, 6.07) is 5.59. The van der Waals surface area contributed by atoms with Gasteiger partial charge >= 0.3 is 0 Å². The summed E-state index contributed by atoms with van der Waals surface area (Å²) < 4.78 is 0. The lowest BCUT2D eigenvalue weighted by molar-refractivity contribution is 0.0368. The molecule has 0 atom stereocenters. The standard InChI is InChI=1S/C11H14Cl2N2O/c12-8-5-9(13)7-10(6-8)15-3-1-11(16-14)2-4-15/h5-7,11H,1-4,14H2. The summed E-state index contributed by atoms with van der Waals surface area (Å²) in [6.07, 6.45) is 2.03. The smallest absolute Gasteiger partial charge is 0.0821 e. The first-order valence-electron chi connectivity index (χ1n) is 5.25. The quantitative estimate of drug-likeness (QED) is 0.832. The zero-order valence-corrected chi connectivity index (χ0v) is 10.3. The number of hydrogen-bond donors (Lipinski definition) is 1. The molecule has 2 rings (SSSR count). The summed E-state index contributed by atoms with van der Waals surface area (Å²) in [6.45, 7) is 1.83. The maximum Gasteiger partial charge on any atom is 0.0821 e. The summed E-state index contributed by atoms with van der Waals surface area (Å²) >= 11 is 11.9. The number of hydrogen-bond acceptors (Lipinski definition) is 3. The average molecular weight is 261 g/mol. The van der Waals surface area contributed by atoms with Crippen LogP contribution in [-0.4, -0.2) is 19.2 Å². The van der Waals surface area contributed by atoms with Crippen molar-refractivity contribution < 1.29 is 4.84 Å². The highest BCUT2D eigenvalue weighted by atomic mass is 35.5. The highest BCUT2D eigenvalue weighted by Crippen LogP contribution is 2.27. The van der Waals surface area contributed by atoms with Crippen molar-refractivity contribution in [1.29, 1.82) is 0 Å². The van der Waals surface area contributed by atoms with E-state index in [0.29, 0.717) is 10.0 Å². The molecule has 1 saturated heterocycles. The van der Waals surface area contributed by atoms with Crippen molar-refractivity contribution in [3.63, 3.8) is 0 Å². The van der Waals surface area contributed by atoms with Crippen LogP contribution in [0.15, 0.2) is 18.2 Å². The van der Waals surface area contributed by atoms with Crippen LogP contribution in [0.1, 0.15) is 12.8 Å². The number of nitrogens with zero attached hydrogens (tertiary/aromatic N) is 1. The fourth-order valence-electron chi connectivity index (χ4n) is 1.97. The predicted molar refractivity (Wildman–Crippen MR) is 67.0 cm³/mol. The Bertz CT molecular complexity index is 345. The van der Waals surface area contributed by atoms with Gasteiger partial charge in [0.2, 0.25) is 0 Å². The molecule has 1 aliphatic rings. The van der Waals surface area contributed by atoms with E-state index in [1.807, 2.05) is 12.1 Å². The molecule has 0 amide bonds. The van der Waals surface area contributed by atoms with Gasteiger partial charge in [0.25, 0.3) is 0 Å². The number of anilines is 1. The first kappa shape index (κ1) is 12.0. The summed E-state index contributed by atoms with van der Waals surface area (Å²) in [4.78, 5) is 7.09. The predicted octanol–water partition coefficient (Wildman–Crippen LogP) is 2.85. The molecule has 16 heavy (non-hydrogen) atoms. The van der Waals surface area contributed by atoms with Crippen molar-refractivity contribution in [2.24, 2.45) is 5.90 Å². The molecular formula is C11H14Cl2N2O.